The Hall–Kier alpha value is -3.44. The van der Waals surface area contributed by atoms with Crippen molar-refractivity contribution in [2.75, 3.05) is 0 Å². The second kappa shape index (κ2) is 32.3. The van der Waals surface area contributed by atoms with Gasteiger partial charge in [0.1, 0.15) is 23.4 Å². The number of ether oxygens (including phenoxy) is 6. The van der Waals surface area contributed by atoms with Gasteiger partial charge in [-0.05, 0) is 226 Å². The summed E-state index contributed by atoms with van der Waals surface area (Å²) < 4.78 is 153. The second-order valence-corrected chi connectivity index (χ2v) is 32.1. The number of carbonyl (C=O) groups is 5. The van der Waals surface area contributed by atoms with E-state index >= 15 is 0 Å². The number of hydrogen-bond donors (Lipinski definition) is 3. The van der Waals surface area contributed by atoms with E-state index in [-0.39, 0.29) is 131 Å². The molecule has 14 nitrogen and oxygen atoms in total. The van der Waals surface area contributed by atoms with Crippen molar-refractivity contribution < 1.29 is 107 Å². The molecule has 12 rings (SSSR count). The van der Waals surface area contributed by atoms with Crippen molar-refractivity contribution in [3.8, 4) is 0 Å². The first-order valence-corrected chi connectivity index (χ1v) is 33.3. The molecule has 18 atom stereocenters. The highest BCUT2D eigenvalue weighted by atomic mass is 19.4. The van der Waals surface area contributed by atoms with Gasteiger partial charge < -0.3 is 43.7 Å². The van der Waals surface area contributed by atoms with Crippen molar-refractivity contribution >= 4 is 29.8 Å². The summed E-state index contributed by atoms with van der Waals surface area (Å²) in [7, 11) is 0. The zero-order chi connectivity index (χ0) is 67.5. The van der Waals surface area contributed by atoms with Gasteiger partial charge in [-0.15, -0.1) is 0 Å². The number of halogens is 9. The van der Waals surface area contributed by atoms with E-state index in [1.54, 1.807) is 6.92 Å². The molecule has 0 spiro atoms. The Morgan fingerprint density at radius 1 is 0.510 bits per heavy atom. The Kier molecular flexibility index (Phi) is 31.2. The van der Waals surface area contributed by atoms with Gasteiger partial charge in [-0.3, -0.25) is 24.0 Å². The first kappa shape index (κ1) is 94.6. The molecule has 3 aliphatic heterocycles. The maximum absolute atomic E-state index is 13.3. The van der Waals surface area contributed by atoms with Gasteiger partial charge >= 0.3 is 48.4 Å². The first-order chi connectivity index (χ1) is 41.1. The molecule has 9 aliphatic carbocycles. The number of carbonyl (C=O) groups excluding carboxylic acids is 5. The summed E-state index contributed by atoms with van der Waals surface area (Å²) in [4.78, 5) is 61.0. The molecule has 0 amide bonds. The summed E-state index contributed by atoms with van der Waals surface area (Å²) in [6.07, 6.45) is -7.70. The fraction of sp³-hybridized carbons (Fsp3) is 0.933. The van der Waals surface area contributed by atoms with Gasteiger partial charge in [0.25, 0.3) is 5.60 Å². The fourth-order valence-electron chi connectivity index (χ4n) is 17.8. The van der Waals surface area contributed by atoms with Gasteiger partial charge in [0.15, 0.2) is 17.8 Å². The number of fused-ring (bicyclic) bond motifs is 10. The Balaban J connectivity index is 0.00000127. The molecule has 12 aliphatic rings. The fourth-order valence-corrected chi connectivity index (χ4v) is 17.8. The molecular weight excluding hydrogens is 1300 g/mol. The van der Waals surface area contributed by atoms with Crippen LogP contribution in [0.25, 0.3) is 0 Å². The average Bonchev–Trinajstić information content (AvgIpc) is 1.49. The molecule has 0 aromatic rings. The van der Waals surface area contributed by atoms with Crippen LogP contribution < -0.4 is 0 Å². The van der Waals surface area contributed by atoms with E-state index in [4.69, 9.17) is 28.4 Å². The topological polar surface area (TPSA) is 201 Å². The third-order valence-corrected chi connectivity index (χ3v) is 24.6. The molecule has 98 heavy (non-hydrogen) atoms. The summed E-state index contributed by atoms with van der Waals surface area (Å²) in [6.45, 7) is 24.5. The van der Waals surface area contributed by atoms with E-state index in [1.807, 2.05) is 55.4 Å². The zero-order valence-electron chi connectivity index (χ0n) is 55.1. The average molecular weight is 1430 g/mol. The molecule has 12 fully saturated rings. The summed E-state index contributed by atoms with van der Waals surface area (Å²) in [5.74, 6) is -0.241. The quantitative estimate of drug-likeness (QED) is 0.0605. The van der Waals surface area contributed by atoms with Crippen LogP contribution in [0.4, 0.5) is 39.5 Å². The second-order valence-electron chi connectivity index (χ2n) is 32.1. The summed E-state index contributed by atoms with van der Waals surface area (Å²) in [5, 5.41) is 30.3. The molecule has 10 bridgehead atoms. The first-order valence-electron chi connectivity index (χ1n) is 33.3. The van der Waals surface area contributed by atoms with Crippen LogP contribution in [0.3, 0.4) is 0 Å². The van der Waals surface area contributed by atoms with E-state index in [0.29, 0.717) is 37.0 Å². The van der Waals surface area contributed by atoms with Gasteiger partial charge in [0.2, 0.25) is 0 Å². The molecule has 0 aromatic heterocycles. The molecule has 0 aromatic carbocycles. The summed E-state index contributed by atoms with van der Waals surface area (Å²) in [5.41, 5.74) is -12.5. The lowest BCUT2D eigenvalue weighted by Crippen LogP contribution is -2.64. The highest BCUT2D eigenvalue weighted by molar-refractivity contribution is 5.79. The minimum atomic E-state index is -6.28. The predicted octanol–water partition coefficient (Wildman–Crippen LogP) is 18.9. The van der Waals surface area contributed by atoms with Crippen molar-refractivity contribution in [1.82, 2.24) is 0 Å². The normalized spacial score (nSPS) is 35.4. The smallest absolute Gasteiger partial charge is 0.426 e. The van der Waals surface area contributed by atoms with Crippen molar-refractivity contribution in [1.29, 1.82) is 0 Å². The Morgan fingerprint density at radius 2 is 0.959 bits per heavy atom. The van der Waals surface area contributed by atoms with E-state index in [9.17, 15) is 78.8 Å². The minimum Gasteiger partial charge on any atom is -0.462 e. The third kappa shape index (κ3) is 17.5. The minimum absolute atomic E-state index is 0. The third-order valence-electron chi connectivity index (χ3n) is 24.6. The highest BCUT2D eigenvalue weighted by Gasteiger charge is 2.75. The van der Waals surface area contributed by atoms with Crippen LogP contribution >= 0.6 is 0 Å². The van der Waals surface area contributed by atoms with Gasteiger partial charge in [-0.1, -0.05) is 94.0 Å². The van der Waals surface area contributed by atoms with Crippen LogP contribution in [0.2, 0.25) is 0 Å². The van der Waals surface area contributed by atoms with Crippen LogP contribution in [-0.2, 0) is 52.4 Å². The van der Waals surface area contributed by atoms with Gasteiger partial charge in [-0.2, -0.15) is 39.5 Å². The lowest BCUT2D eigenvalue weighted by Gasteiger charge is -2.59. The van der Waals surface area contributed by atoms with Crippen LogP contribution in [0.1, 0.15) is 285 Å². The molecule has 9 saturated carbocycles. The molecule has 3 N–H and O–H groups in total. The lowest BCUT2D eigenvalue weighted by molar-refractivity contribution is -0.391. The van der Waals surface area contributed by atoms with E-state index in [0.717, 1.165) is 81.0 Å². The summed E-state index contributed by atoms with van der Waals surface area (Å²) >= 11 is 0. The number of esters is 5. The molecule has 18 unspecified atom stereocenters. The van der Waals surface area contributed by atoms with Gasteiger partial charge in [0.05, 0.1) is 39.3 Å². The van der Waals surface area contributed by atoms with Gasteiger partial charge in [-0.25, -0.2) is 0 Å². The molecule has 3 heterocycles. The van der Waals surface area contributed by atoms with Gasteiger partial charge in [0, 0.05) is 24.2 Å². The molecular formula is C75H133F9O14. The Bertz CT molecular complexity index is 2620. The Labute approximate surface area is 583 Å². The maximum atomic E-state index is 13.3. The maximum Gasteiger partial charge on any atom is 0.426 e. The van der Waals surface area contributed by atoms with Crippen molar-refractivity contribution in [3.63, 3.8) is 0 Å². The number of aliphatic hydroxyl groups is 3. The zero-order valence-corrected chi connectivity index (χ0v) is 55.1. The standard InChI is InChI=1S/C20H32O2.C18H25F9O4.C16H26O3.C13H18O5.8CH4/c1-5-19(3,4)18(21)22-20(6-2)11-14-10-15(20)17-13-8-7-12(9-13)16(14)17;1-5-13(2,3)12(28)31-11-7-9(14(4,29)16(19,20)21)6-10(8-11)15(30,17(22,23)24)18(25,26)27;1-4-14(2,3)13(17)19-16-8-11-5-12(9-16)7-15(18,6-11)10-16;1-4-13(2,3)12(15)18-9-7-5-6-8(16-7)10(9)17-11(6)14;;;;;;;;/h12-17H,5-11H2,1-4H3;9-11,29-30H,5-8H2,1-4H3;11-12,18H,4-10H2,1-3H3;6-10H,4-5H2,1-3H3;8*1H4. The van der Waals surface area contributed by atoms with Crippen molar-refractivity contribution in [3.05, 3.63) is 0 Å². The SMILES string of the molecule is C.C.C.C.C.C.C.C.CCC(C)(C)C(=O)OC1(CC)CC2CC1C1C3CCC(C3)C21.CCC(C)(C)C(=O)OC12CC3CC(CC(O)(C3)C1)C2.CCC(C)(C)C(=O)OC1C2CC3C(=O)OC1C3O2.CCC(C)(C)C(=O)OC1CC(C(C)(O)C(F)(F)F)CC(C(O)(C(F)(F)F)C(F)(F)F)C1. The number of alkyl halides is 9. The Morgan fingerprint density at radius 3 is 1.41 bits per heavy atom. The number of hydrogen-bond acceptors (Lipinski definition) is 14. The van der Waals surface area contributed by atoms with Crippen molar-refractivity contribution in [2.45, 2.75) is 362 Å². The monoisotopic (exact) mass is 1430 g/mol. The molecule has 580 valence electrons. The largest absolute Gasteiger partial charge is 0.462 e. The summed E-state index contributed by atoms with van der Waals surface area (Å²) in [6, 6.07) is 0. The van der Waals surface area contributed by atoms with Crippen LogP contribution in [0, 0.1) is 86.8 Å². The molecule has 23 heteroatoms. The molecule has 3 saturated heterocycles. The van der Waals surface area contributed by atoms with Crippen LogP contribution in [0.5, 0.6) is 0 Å². The van der Waals surface area contributed by atoms with E-state index in [2.05, 4.69) is 13.8 Å². The highest BCUT2D eigenvalue weighted by Crippen LogP contribution is 2.71. The predicted molar refractivity (Wildman–Crippen MR) is 363 cm³/mol. The van der Waals surface area contributed by atoms with E-state index in [1.165, 1.54) is 46.0 Å². The number of rotatable bonds is 15. The lowest BCUT2D eigenvalue weighted by atomic mass is 9.52. The van der Waals surface area contributed by atoms with E-state index < -0.39 is 107 Å². The van der Waals surface area contributed by atoms with Crippen LogP contribution in [0.15, 0.2) is 0 Å². The van der Waals surface area contributed by atoms with Crippen LogP contribution in [-0.4, -0.2) is 122 Å². The molecule has 0 radical (unpaired) electrons. The van der Waals surface area contributed by atoms with Crippen molar-refractivity contribution in [2.24, 2.45) is 86.8 Å².